The number of carbonyl (C=O) groups excluding carboxylic acids is 1. The van der Waals surface area contributed by atoms with Crippen molar-refractivity contribution in [2.24, 2.45) is 0 Å². The smallest absolute Gasteiger partial charge is 0.345 e. The average molecular weight is 247 g/mol. The third-order valence-electron chi connectivity index (χ3n) is 3.68. The highest BCUT2D eigenvalue weighted by Crippen LogP contribution is 2.29. The molecule has 1 fully saturated rings. The Labute approximate surface area is 102 Å². The third kappa shape index (κ3) is 3.16. The van der Waals surface area contributed by atoms with Crippen molar-refractivity contribution in [3.05, 3.63) is 0 Å². The summed E-state index contributed by atoms with van der Waals surface area (Å²) in [4.78, 5) is 13.1. The third-order valence-corrected chi connectivity index (χ3v) is 3.68. The van der Waals surface area contributed by atoms with Crippen molar-refractivity contribution >= 4 is 5.97 Å². The predicted octanol–water partition coefficient (Wildman–Crippen LogP) is 1.12. The standard InChI is InChI=1S/C12H22FNO3/c1-4-11(16,5-2)8-14-7-6-12(13,9-14)10(15)17-3/h16H,4-9H2,1-3H3. The number of carbonyl (C=O) groups is 1. The van der Waals surface area contributed by atoms with E-state index in [0.29, 0.717) is 25.9 Å². The highest BCUT2D eigenvalue weighted by Gasteiger charge is 2.47. The summed E-state index contributed by atoms with van der Waals surface area (Å²) >= 11 is 0. The van der Waals surface area contributed by atoms with Gasteiger partial charge >= 0.3 is 5.97 Å². The van der Waals surface area contributed by atoms with E-state index in [1.807, 2.05) is 13.8 Å². The van der Waals surface area contributed by atoms with E-state index in [0.717, 1.165) is 0 Å². The Morgan fingerprint density at radius 1 is 1.53 bits per heavy atom. The van der Waals surface area contributed by atoms with Crippen molar-refractivity contribution in [3.8, 4) is 0 Å². The van der Waals surface area contributed by atoms with Crippen molar-refractivity contribution < 1.29 is 19.0 Å². The largest absolute Gasteiger partial charge is 0.467 e. The first-order valence-corrected chi connectivity index (χ1v) is 6.11. The minimum atomic E-state index is -1.91. The van der Waals surface area contributed by atoms with Gasteiger partial charge in [0.1, 0.15) is 0 Å². The van der Waals surface area contributed by atoms with E-state index in [1.165, 1.54) is 7.11 Å². The summed E-state index contributed by atoms with van der Waals surface area (Å²) in [5.41, 5.74) is -2.70. The summed E-state index contributed by atoms with van der Waals surface area (Å²) in [6.07, 6.45) is 1.39. The van der Waals surface area contributed by atoms with Crippen LogP contribution in [-0.4, -0.2) is 54.0 Å². The lowest BCUT2D eigenvalue weighted by molar-refractivity contribution is -0.154. The van der Waals surface area contributed by atoms with Gasteiger partial charge in [0.05, 0.1) is 12.7 Å². The molecule has 1 N–H and O–H groups in total. The maximum Gasteiger partial charge on any atom is 0.345 e. The van der Waals surface area contributed by atoms with Crippen LogP contribution in [0.5, 0.6) is 0 Å². The Hall–Kier alpha value is -0.680. The molecule has 1 unspecified atom stereocenters. The number of esters is 1. The molecule has 1 aliphatic rings. The van der Waals surface area contributed by atoms with Gasteiger partial charge in [-0.15, -0.1) is 0 Å². The second-order valence-electron chi connectivity index (χ2n) is 4.85. The van der Waals surface area contributed by atoms with Crippen molar-refractivity contribution in [2.45, 2.75) is 44.4 Å². The van der Waals surface area contributed by atoms with Crippen molar-refractivity contribution in [1.29, 1.82) is 0 Å². The fourth-order valence-electron chi connectivity index (χ4n) is 2.22. The number of rotatable bonds is 5. The fourth-order valence-corrected chi connectivity index (χ4v) is 2.22. The fraction of sp³-hybridized carbons (Fsp3) is 0.917. The Balaban J connectivity index is 2.59. The Kier molecular flexibility index (Phi) is 4.49. The van der Waals surface area contributed by atoms with Crippen LogP contribution in [0, 0.1) is 0 Å². The molecule has 0 aromatic rings. The molecule has 100 valence electrons. The Bertz CT molecular complexity index is 281. The van der Waals surface area contributed by atoms with Crippen molar-refractivity contribution in [3.63, 3.8) is 0 Å². The van der Waals surface area contributed by atoms with E-state index < -0.39 is 17.2 Å². The van der Waals surface area contributed by atoms with Gasteiger partial charge in [-0.25, -0.2) is 9.18 Å². The molecule has 0 aromatic heterocycles. The molecule has 0 aliphatic carbocycles. The monoisotopic (exact) mass is 247 g/mol. The molecule has 5 heteroatoms. The maximum absolute atomic E-state index is 14.1. The molecule has 0 bridgehead atoms. The number of likely N-dealkylation sites (tertiary alicyclic amines) is 1. The summed E-state index contributed by atoms with van der Waals surface area (Å²) in [6.45, 7) is 4.71. The molecule has 1 heterocycles. The van der Waals surface area contributed by atoms with E-state index in [4.69, 9.17) is 0 Å². The first-order valence-electron chi connectivity index (χ1n) is 6.11. The molecule has 0 amide bonds. The van der Waals surface area contributed by atoms with E-state index >= 15 is 0 Å². The van der Waals surface area contributed by atoms with Gasteiger partial charge in [-0.3, -0.25) is 4.90 Å². The molecular formula is C12H22FNO3. The lowest BCUT2D eigenvalue weighted by atomic mass is 9.97. The van der Waals surface area contributed by atoms with E-state index in [1.54, 1.807) is 4.90 Å². The van der Waals surface area contributed by atoms with E-state index in [2.05, 4.69) is 4.74 Å². The van der Waals surface area contributed by atoms with Crippen LogP contribution in [-0.2, 0) is 9.53 Å². The molecule has 0 spiro atoms. The van der Waals surface area contributed by atoms with Gasteiger partial charge in [0.25, 0.3) is 0 Å². The first kappa shape index (κ1) is 14.4. The second kappa shape index (κ2) is 5.31. The molecule has 1 aliphatic heterocycles. The van der Waals surface area contributed by atoms with E-state index in [9.17, 15) is 14.3 Å². The first-order chi connectivity index (χ1) is 7.89. The molecule has 4 nitrogen and oxygen atoms in total. The van der Waals surface area contributed by atoms with Crippen LogP contribution in [0.2, 0.25) is 0 Å². The molecule has 0 saturated carbocycles. The number of nitrogens with zero attached hydrogens (tertiary/aromatic N) is 1. The van der Waals surface area contributed by atoms with Gasteiger partial charge in [-0.1, -0.05) is 13.8 Å². The Morgan fingerprint density at radius 3 is 2.59 bits per heavy atom. The molecule has 0 radical (unpaired) electrons. The summed E-state index contributed by atoms with van der Waals surface area (Å²) in [7, 11) is 1.20. The van der Waals surface area contributed by atoms with Gasteiger partial charge < -0.3 is 9.84 Å². The van der Waals surface area contributed by atoms with Crippen LogP contribution in [0.25, 0.3) is 0 Å². The molecule has 1 atom stereocenters. The molecule has 0 aromatic carbocycles. The minimum absolute atomic E-state index is 0.0159. The van der Waals surface area contributed by atoms with Crippen molar-refractivity contribution in [2.75, 3.05) is 26.7 Å². The predicted molar refractivity (Wildman–Crippen MR) is 62.4 cm³/mol. The lowest BCUT2D eigenvalue weighted by Crippen LogP contribution is -2.44. The highest BCUT2D eigenvalue weighted by atomic mass is 19.1. The van der Waals surface area contributed by atoms with Crippen LogP contribution in [0.1, 0.15) is 33.1 Å². The second-order valence-corrected chi connectivity index (χ2v) is 4.85. The topological polar surface area (TPSA) is 49.8 Å². The summed E-state index contributed by atoms with van der Waals surface area (Å²) < 4.78 is 18.6. The zero-order valence-electron chi connectivity index (χ0n) is 10.8. The number of hydrogen-bond donors (Lipinski definition) is 1. The van der Waals surface area contributed by atoms with Gasteiger partial charge in [0, 0.05) is 26.1 Å². The zero-order valence-corrected chi connectivity index (χ0v) is 10.8. The van der Waals surface area contributed by atoms with Gasteiger partial charge in [0.15, 0.2) is 0 Å². The molecule has 1 rings (SSSR count). The van der Waals surface area contributed by atoms with Gasteiger partial charge in [-0.2, -0.15) is 0 Å². The van der Waals surface area contributed by atoms with Crippen molar-refractivity contribution in [1.82, 2.24) is 4.90 Å². The summed E-state index contributed by atoms with van der Waals surface area (Å²) in [5, 5.41) is 10.2. The van der Waals surface area contributed by atoms with Crippen LogP contribution in [0.15, 0.2) is 0 Å². The number of hydrogen-bond acceptors (Lipinski definition) is 4. The zero-order chi connectivity index (χ0) is 13.1. The van der Waals surface area contributed by atoms with Crippen LogP contribution < -0.4 is 0 Å². The summed E-state index contributed by atoms with van der Waals surface area (Å²) in [6, 6.07) is 0. The maximum atomic E-state index is 14.1. The Morgan fingerprint density at radius 2 is 2.12 bits per heavy atom. The SMILES string of the molecule is CCC(O)(CC)CN1CCC(F)(C(=O)OC)C1. The molecular weight excluding hydrogens is 225 g/mol. The van der Waals surface area contributed by atoms with E-state index in [-0.39, 0.29) is 13.0 Å². The number of β-amino-alcohol motifs (C(OH)–C–C–N with tert-alkyl or cyclic N) is 1. The number of ether oxygens (including phenoxy) is 1. The van der Waals surface area contributed by atoms with Crippen LogP contribution in [0.4, 0.5) is 4.39 Å². The average Bonchev–Trinajstić information content (AvgIpc) is 2.70. The van der Waals surface area contributed by atoms with Gasteiger partial charge in [0.2, 0.25) is 5.67 Å². The number of methoxy groups -OCH3 is 1. The number of halogens is 1. The minimum Gasteiger partial charge on any atom is -0.467 e. The van der Waals surface area contributed by atoms with Crippen LogP contribution >= 0.6 is 0 Å². The summed E-state index contributed by atoms with van der Waals surface area (Å²) in [5.74, 6) is -0.809. The molecule has 17 heavy (non-hydrogen) atoms. The number of aliphatic hydroxyl groups is 1. The van der Waals surface area contributed by atoms with Gasteiger partial charge in [-0.05, 0) is 12.8 Å². The van der Waals surface area contributed by atoms with Crippen LogP contribution in [0.3, 0.4) is 0 Å². The highest BCUT2D eigenvalue weighted by molar-refractivity contribution is 5.80. The quantitative estimate of drug-likeness (QED) is 0.740. The normalized spacial score (nSPS) is 26.2. The molecule has 1 saturated heterocycles. The lowest BCUT2D eigenvalue weighted by Gasteiger charge is -2.30. The number of alkyl halides is 1.